The Bertz CT molecular complexity index is 987. The predicted octanol–water partition coefficient (Wildman–Crippen LogP) is 3.21. The molecule has 1 N–H and O–H groups in total. The fourth-order valence-electron chi connectivity index (χ4n) is 5.00. The second-order valence-corrected chi connectivity index (χ2v) is 7.85. The van der Waals surface area contributed by atoms with Crippen LogP contribution in [0.1, 0.15) is 25.3 Å². The number of anilines is 1. The van der Waals surface area contributed by atoms with Crippen molar-refractivity contribution in [1.29, 1.82) is 0 Å². The van der Waals surface area contributed by atoms with Crippen LogP contribution in [-0.4, -0.2) is 56.8 Å². The molecule has 7 nitrogen and oxygen atoms in total. The highest BCUT2D eigenvalue weighted by molar-refractivity contribution is 6.30. The Labute approximate surface area is 159 Å². The lowest BCUT2D eigenvalue weighted by molar-refractivity contribution is 0.0707. The number of fused-ring (bicyclic) bond motifs is 5. The molecule has 2 aromatic heterocycles. The number of aryl methyl sites for hydroxylation is 1. The van der Waals surface area contributed by atoms with Crippen LogP contribution < -0.4 is 9.64 Å². The van der Waals surface area contributed by atoms with E-state index in [1.54, 1.807) is 18.0 Å². The zero-order valence-electron chi connectivity index (χ0n) is 14.8. The van der Waals surface area contributed by atoms with Crippen LogP contribution in [0.5, 0.6) is 5.88 Å². The average molecular weight is 393 g/mol. The summed E-state index contributed by atoms with van der Waals surface area (Å²) in [4.78, 5) is 24.1. The first-order chi connectivity index (χ1) is 12.9. The van der Waals surface area contributed by atoms with E-state index in [0.717, 1.165) is 12.8 Å². The number of rotatable bonds is 0. The summed E-state index contributed by atoms with van der Waals surface area (Å²) in [6.45, 7) is 4.16. The standard InChI is InChI=1S/C18H18ClFN4O3/c1-7-5-21-16-12-11(7)13(20)15(19)22-17(12)27-8(2)14-10-4-3-9(6-23(14)16)24(10)18(25)26/h5,8-10,14H,3-4,6H2,1-2H3,(H,25,26). The largest absolute Gasteiger partial charge is 0.472 e. The normalized spacial score (nSPS) is 28.7. The number of aromatic nitrogens is 2. The van der Waals surface area contributed by atoms with Crippen molar-refractivity contribution >= 4 is 34.3 Å². The van der Waals surface area contributed by atoms with Gasteiger partial charge in [-0.1, -0.05) is 11.6 Å². The molecule has 5 heterocycles. The number of amides is 1. The van der Waals surface area contributed by atoms with E-state index in [1.807, 2.05) is 6.92 Å². The van der Waals surface area contributed by atoms with Gasteiger partial charge in [0.1, 0.15) is 11.9 Å². The molecule has 2 bridgehead atoms. The molecule has 0 radical (unpaired) electrons. The molecule has 3 aliphatic heterocycles. The van der Waals surface area contributed by atoms with Gasteiger partial charge in [0.05, 0.1) is 23.5 Å². The molecule has 2 fully saturated rings. The quantitative estimate of drug-likeness (QED) is 0.693. The maximum atomic E-state index is 14.8. The van der Waals surface area contributed by atoms with Crippen molar-refractivity contribution in [2.75, 3.05) is 11.4 Å². The van der Waals surface area contributed by atoms with Crippen LogP contribution in [0.3, 0.4) is 0 Å². The molecule has 0 aromatic carbocycles. The van der Waals surface area contributed by atoms with Gasteiger partial charge in [-0.15, -0.1) is 0 Å². The fraction of sp³-hybridized carbons (Fsp3) is 0.500. The highest BCUT2D eigenvalue weighted by Crippen LogP contribution is 2.45. The van der Waals surface area contributed by atoms with E-state index in [-0.39, 0.29) is 35.3 Å². The lowest BCUT2D eigenvalue weighted by Crippen LogP contribution is -2.64. The van der Waals surface area contributed by atoms with E-state index in [1.165, 1.54) is 0 Å². The van der Waals surface area contributed by atoms with Gasteiger partial charge in [0.25, 0.3) is 0 Å². The number of ether oxygens (including phenoxy) is 1. The minimum atomic E-state index is -0.912. The Kier molecular flexibility index (Phi) is 3.47. The van der Waals surface area contributed by atoms with Gasteiger partial charge in [0.15, 0.2) is 11.0 Å². The van der Waals surface area contributed by atoms with Gasteiger partial charge in [-0.25, -0.2) is 14.2 Å². The molecular formula is C18H18ClFN4O3. The van der Waals surface area contributed by atoms with Gasteiger partial charge < -0.3 is 14.7 Å². The molecule has 0 aliphatic carbocycles. The summed E-state index contributed by atoms with van der Waals surface area (Å²) in [5, 5.41) is 10.3. The van der Waals surface area contributed by atoms with Crippen molar-refractivity contribution in [3.63, 3.8) is 0 Å². The lowest BCUT2D eigenvalue weighted by atomic mass is 9.98. The van der Waals surface area contributed by atoms with Crippen molar-refractivity contribution in [3.8, 4) is 5.88 Å². The van der Waals surface area contributed by atoms with Gasteiger partial charge >= 0.3 is 6.09 Å². The van der Waals surface area contributed by atoms with Crippen LogP contribution in [0.4, 0.5) is 15.0 Å². The predicted molar refractivity (Wildman–Crippen MR) is 97.1 cm³/mol. The third-order valence-electron chi connectivity index (χ3n) is 6.04. The van der Waals surface area contributed by atoms with E-state index in [4.69, 9.17) is 16.3 Å². The monoisotopic (exact) mass is 392 g/mol. The molecule has 2 aromatic rings. The van der Waals surface area contributed by atoms with Crippen LogP contribution >= 0.6 is 11.6 Å². The Morgan fingerprint density at radius 1 is 1.41 bits per heavy atom. The van der Waals surface area contributed by atoms with Crippen LogP contribution in [0.25, 0.3) is 10.8 Å². The Hall–Kier alpha value is -2.35. The maximum absolute atomic E-state index is 14.8. The molecule has 4 unspecified atom stereocenters. The first-order valence-corrected chi connectivity index (χ1v) is 9.35. The number of carbonyl (C=O) groups is 1. The summed E-state index contributed by atoms with van der Waals surface area (Å²) in [7, 11) is 0. The molecule has 1 amide bonds. The average Bonchev–Trinajstić information content (AvgIpc) is 2.87. The molecule has 0 saturated carbocycles. The molecule has 5 rings (SSSR count). The van der Waals surface area contributed by atoms with Gasteiger partial charge in [-0.05, 0) is 32.3 Å². The number of nitrogens with zero attached hydrogens (tertiary/aromatic N) is 4. The number of halogens is 2. The van der Waals surface area contributed by atoms with Crippen molar-refractivity contribution in [3.05, 3.63) is 22.7 Å². The SMILES string of the molecule is Cc1cnc2c3c(nc(Cl)c(F)c13)OC(C)C1C3CCC(CN21)N3C(=O)O. The van der Waals surface area contributed by atoms with Gasteiger partial charge in [-0.2, -0.15) is 4.98 Å². The first kappa shape index (κ1) is 16.8. The summed E-state index contributed by atoms with van der Waals surface area (Å²) >= 11 is 6.02. The topological polar surface area (TPSA) is 78.8 Å². The molecular weight excluding hydrogens is 375 g/mol. The molecule has 4 atom stereocenters. The Morgan fingerprint density at radius 2 is 2.19 bits per heavy atom. The lowest BCUT2D eigenvalue weighted by Gasteiger charge is -2.47. The smallest absolute Gasteiger partial charge is 0.407 e. The van der Waals surface area contributed by atoms with Crippen LogP contribution in [0, 0.1) is 12.7 Å². The second-order valence-electron chi connectivity index (χ2n) is 7.49. The Balaban J connectivity index is 1.76. The number of hydrogen-bond donors (Lipinski definition) is 1. The zero-order chi connectivity index (χ0) is 19.0. The van der Waals surface area contributed by atoms with Crippen molar-refractivity contribution < 1.29 is 19.0 Å². The molecule has 27 heavy (non-hydrogen) atoms. The van der Waals surface area contributed by atoms with Crippen molar-refractivity contribution in [2.24, 2.45) is 0 Å². The van der Waals surface area contributed by atoms with E-state index in [0.29, 0.717) is 28.7 Å². The van der Waals surface area contributed by atoms with Crippen molar-refractivity contribution in [2.45, 2.75) is 50.9 Å². The van der Waals surface area contributed by atoms with Gasteiger partial charge in [0.2, 0.25) is 5.88 Å². The highest BCUT2D eigenvalue weighted by atomic mass is 35.5. The van der Waals surface area contributed by atoms with E-state index in [9.17, 15) is 14.3 Å². The Morgan fingerprint density at radius 3 is 2.93 bits per heavy atom. The second kappa shape index (κ2) is 5.58. The van der Waals surface area contributed by atoms with Crippen LogP contribution in [0.15, 0.2) is 6.20 Å². The third kappa shape index (κ3) is 2.16. The van der Waals surface area contributed by atoms with Crippen LogP contribution in [0.2, 0.25) is 5.15 Å². The summed E-state index contributed by atoms with van der Waals surface area (Å²) in [5.74, 6) is 0.255. The zero-order valence-corrected chi connectivity index (χ0v) is 15.6. The van der Waals surface area contributed by atoms with E-state index in [2.05, 4.69) is 14.9 Å². The molecule has 142 valence electrons. The molecule has 0 spiro atoms. The molecule has 3 aliphatic rings. The minimum Gasteiger partial charge on any atom is -0.472 e. The van der Waals surface area contributed by atoms with Crippen molar-refractivity contribution in [1.82, 2.24) is 14.9 Å². The highest BCUT2D eigenvalue weighted by Gasteiger charge is 2.52. The summed E-state index contributed by atoms with van der Waals surface area (Å²) in [5.41, 5.74) is 0.652. The number of piperazine rings is 1. The van der Waals surface area contributed by atoms with Gasteiger partial charge in [-0.3, -0.25) is 4.90 Å². The molecule has 2 saturated heterocycles. The van der Waals surface area contributed by atoms with E-state index >= 15 is 0 Å². The van der Waals surface area contributed by atoms with Gasteiger partial charge in [0, 0.05) is 18.1 Å². The van der Waals surface area contributed by atoms with Crippen LogP contribution in [-0.2, 0) is 0 Å². The third-order valence-corrected chi connectivity index (χ3v) is 6.29. The summed E-state index contributed by atoms with van der Waals surface area (Å²) < 4.78 is 20.9. The molecule has 9 heteroatoms. The fourth-order valence-corrected chi connectivity index (χ4v) is 5.17. The summed E-state index contributed by atoms with van der Waals surface area (Å²) in [6, 6.07) is -0.543. The number of pyridine rings is 2. The summed E-state index contributed by atoms with van der Waals surface area (Å²) in [6.07, 6.45) is 1.92. The van der Waals surface area contributed by atoms with E-state index < -0.39 is 11.9 Å². The number of hydrogen-bond acceptors (Lipinski definition) is 5. The number of carboxylic acid groups (broad SMARTS) is 1. The minimum absolute atomic E-state index is 0.110. The maximum Gasteiger partial charge on any atom is 0.407 e. The first-order valence-electron chi connectivity index (χ1n) is 8.97.